The van der Waals surface area contributed by atoms with Crippen LogP contribution >= 0.6 is 15.9 Å². The third-order valence-electron chi connectivity index (χ3n) is 2.95. The van der Waals surface area contributed by atoms with Gasteiger partial charge < -0.3 is 4.74 Å². The van der Waals surface area contributed by atoms with Gasteiger partial charge in [-0.05, 0) is 53.5 Å². The molecule has 0 spiro atoms. The number of rotatable bonds is 6. The number of hydrogen-bond donors (Lipinski definition) is 0. The summed E-state index contributed by atoms with van der Waals surface area (Å²) in [6, 6.07) is 7.61. The van der Waals surface area contributed by atoms with Crippen LogP contribution in [0.1, 0.15) is 29.9 Å². The molecule has 2 aromatic rings. The lowest BCUT2D eigenvalue weighted by molar-refractivity contribution is 0.103. The SMILES string of the molecule is CCOc1ccc(/C=C/C(=O)c2c(Br)cnn2CC)cc1. The van der Waals surface area contributed by atoms with Gasteiger partial charge in [-0.15, -0.1) is 0 Å². The van der Waals surface area contributed by atoms with Crippen LogP contribution in [0.25, 0.3) is 6.08 Å². The van der Waals surface area contributed by atoms with E-state index in [0.717, 1.165) is 11.3 Å². The monoisotopic (exact) mass is 348 g/mol. The Morgan fingerprint density at radius 3 is 2.67 bits per heavy atom. The highest BCUT2D eigenvalue weighted by Crippen LogP contribution is 2.18. The van der Waals surface area contributed by atoms with Crippen molar-refractivity contribution in [2.45, 2.75) is 20.4 Å². The number of aryl methyl sites for hydroxylation is 1. The van der Waals surface area contributed by atoms with Crippen LogP contribution in [-0.4, -0.2) is 22.2 Å². The molecular weight excluding hydrogens is 332 g/mol. The molecule has 0 radical (unpaired) electrons. The average Bonchev–Trinajstić information content (AvgIpc) is 2.87. The Labute approximate surface area is 132 Å². The topological polar surface area (TPSA) is 44.1 Å². The van der Waals surface area contributed by atoms with E-state index in [1.54, 1.807) is 23.0 Å². The molecule has 0 aliphatic carbocycles. The second kappa shape index (κ2) is 7.22. The van der Waals surface area contributed by atoms with Crippen molar-refractivity contribution in [2.75, 3.05) is 6.61 Å². The molecule has 4 nitrogen and oxygen atoms in total. The molecule has 0 fully saturated rings. The van der Waals surface area contributed by atoms with Crippen molar-refractivity contribution in [3.8, 4) is 5.75 Å². The van der Waals surface area contributed by atoms with Crippen molar-refractivity contribution in [1.82, 2.24) is 9.78 Å². The zero-order valence-electron chi connectivity index (χ0n) is 12.0. The van der Waals surface area contributed by atoms with Gasteiger partial charge in [-0.2, -0.15) is 5.10 Å². The van der Waals surface area contributed by atoms with Crippen molar-refractivity contribution < 1.29 is 9.53 Å². The van der Waals surface area contributed by atoms with Gasteiger partial charge in [0, 0.05) is 6.54 Å². The lowest BCUT2D eigenvalue weighted by Crippen LogP contribution is -2.07. The molecule has 0 aliphatic rings. The molecule has 1 heterocycles. The predicted molar refractivity (Wildman–Crippen MR) is 86.6 cm³/mol. The maximum absolute atomic E-state index is 12.2. The van der Waals surface area contributed by atoms with E-state index in [4.69, 9.17) is 4.74 Å². The number of nitrogens with zero attached hydrogens (tertiary/aromatic N) is 2. The molecule has 0 bridgehead atoms. The first-order chi connectivity index (χ1) is 10.2. The molecule has 0 saturated carbocycles. The smallest absolute Gasteiger partial charge is 0.205 e. The molecule has 0 unspecified atom stereocenters. The third-order valence-corrected chi connectivity index (χ3v) is 3.53. The fourth-order valence-corrected chi connectivity index (χ4v) is 2.43. The fourth-order valence-electron chi connectivity index (χ4n) is 1.94. The molecule has 1 aromatic carbocycles. The van der Waals surface area contributed by atoms with Crippen molar-refractivity contribution >= 4 is 27.8 Å². The Hall–Kier alpha value is -1.88. The summed E-state index contributed by atoms with van der Waals surface area (Å²) in [7, 11) is 0. The van der Waals surface area contributed by atoms with Gasteiger partial charge in [-0.3, -0.25) is 9.48 Å². The molecule has 0 saturated heterocycles. The number of allylic oxidation sites excluding steroid dienone is 1. The van der Waals surface area contributed by atoms with Gasteiger partial charge >= 0.3 is 0 Å². The zero-order chi connectivity index (χ0) is 15.2. The van der Waals surface area contributed by atoms with Crippen LogP contribution in [0.5, 0.6) is 5.75 Å². The number of ether oxygens (including phenoxy) is 1. The second-order valence-electron chi connectivity index (χ2n) is 4.36. The van der Waals surface area contributed by atoms with E-state index in [2.05, 4.69) is 21.0 Å². The molecule has 1 aromatic heterocycles. The van der Waals surface area contributed by atoms with E-state index in [9.17, 15) is 4.79 Å². The quantitative estimate of drug-likeness (QED) is 0.586. The van der Waals surface area contributed by atoms with Gasteiger partial charge in [-0.25, -0.2) is 0 Å². The van der Waals surface area contributed by atoms with Crippen LogP contribution < -0.4 is 4.74 Å². The molecule has 110 valence electrons. The van der Waals surface area contributed by atoms with Gasteiger partial charge in [0.1, 0.15) is 11.4 Å². The summed E-state index contributed by atoms with van der Waals surface area (Å²) in [4.78, 5) is 12.2. The summed E-state index contributed by atoms with van der Waals surface area (Å²) in [6.07, 6.45) is 4.99. The standard InChI is InChI=1S/C16H17BrN2O2/c1-3-19-16(14(17)11-18-19)15(20)10-7-12-5-8-13(9-6-12)21-4-2/h5-11H,3-4H2,1-2H3/b10-7+. The Morgan fingerprint density at radius 2 is 2.05 bits per heavy atom. The number of carbonyl (C=O) groups is 1. The van der Waals surface area contributed by atoms with Crippen molar-refractivity contribution in [3.63, 3.8) is 0 Å². The highest BCUT2D eigenvalue weighted by atomic mass is 79.9. The second-order valence-corrected chi connectivity index (χ2v) is 5.21. The minimum absolute atomic E-state index is 0.0740. The lowest BCUT2D eigenvalue weighted by Gasteiger charge is -2.03. The highest BCUT2D eigenvalue weighted by molar-refractivity contribution is 9.10. The minimum Gasteiger partial charge on any atom is -0.494 e. The minimum atomic E-state index is -0.0740. The van der Waals surface area contributed by atoms with E-state index in [-0.39, 0.29) is 5.78 Å². The third kappa shape index (κ3) is 3.82. The Bertz CT molecular complexity index is 645. The van der Waals surface area contributed by atoms with E-state index < -0.39 is 0 Å². The van der Waals surface area contributed by atoms with Gasteiger partial charge in [0.15, 0.2) is 0 Å². The van der Waals surface area contributed by atoms with Gasteiger partial charge in [0.05, 0.1) is 17.3 Å². The summed E-state index contributed by atoms with van der Waals surface area (Å²) in [5.41, 5.74) is 1.52. The molecule has 5 heteroatoms. The van der Waals surface area contributed by atoms with Crippen LogP contribution in [-0.2, 0) is 6.54 Å². The molecule has 0 aliphatic heterocycles. The molecule has 21 heavy (non-hydrogen) atoms. The van der Waals surface area contributed by atoms with Crippen LogP contribution in [0, 0.1) is 0 Å². The molecule has 0 amide bonds. The van der Waals surface area contributed by atoms with Crippen molar-refractivity contribution in [2.24, 2.45) is 0 Å². The number of halogens is 1. The summed E-state index contributed by atoms with van der Waals surface area (Å²) in [5.74, 6) is 0.753. The van der Waals surface area contributed by atoms with Gasteiger partial charge in [-0.1, -0.05) is 18.2 Å². The first-order valence-corrected chi connectivity index (χ1v) is 7.61. The van der Waals surface area contributed by atoms with Crippen LogP contribution in [0.2, 0.25) is 0 Å². The van der Waals surface area contributed by atoms with Crippen LogP contribution in [0.15, 0.2) is 41.0 Å². The van der Waals surface area contributed by atoms with Crippen LogP contribution in [0.4, 0.5) is 0 Å². The number of carbonyl (C=O) groups excluding carboxylic acids is 1. The summed E-state index contributed by atoms with van der Waals surface area (Å²) in [5, 5.41) is 4.14. The maximum atomic E-state index is 12.2. The largest absolute Gasteiger partial charge is 0.494 e. The van der Waals surface area contributed by atoms with E-state index in [1.165, 1.54) is 0 Å². The fraction of sp³-hybridized carbons (Fsp3) is 0.250. The number of benzene rings is 1. The lowest BCUT2D eigenvalue weighted by atomic mass is 10.1. The Balaban J connectivity index is 2.13. The summed E-state index contributed by atoms with van der Waals surface area (Å²) in [6.45, 7) is 5.19. The van der Waals surface area contributed by atoms with Crippen LogP contribution in [0.3, 0.4) is 0 Å². The van der Waals surface area contributed by atoms with Gasteiger partial charge in [0.25, 0.3) is 0 Å². The molecule has 0 N–H and O–H groups in total. The van der Waals surface area contributed by atoms with Crippen molar-refractivity contribution in [1.29, 1.82) is 0 Å². The van der Waals surface area contributed by atoms with E-state index in [0.29, 0.717) is 23.3 Å². The normalized spacial score (nSPS) is 11.0. The summed E-state index contributed by atoms with van der Waals surface area (Å²) < 4.78 is 7.77. The Morgan fingerprint density at radius 1 is 1.33 bits per heavy atom. The van der Waals surface area contributed by atoms with Crippen molar-refractivity contribution in [3.05, 3.63) is 52.3 Å². The molecule has 2 rings (SSSR count). The van der Waals surface area contributed by atoms with E-state index in [1.807, 2.05) is 38.1 Å². The first-order valence-electron chi connectivity index (χ1n) is 6.82. The zero-order valence-corrected chi connectivity index (χ0v) is 13.6. The number of aromatic nitrogens is 2. The molecule has 0 atom stereocenters. The predicted octanol–water partition coefficient (Wildman–Crippen LogP) is 3.96. The maximum Gasteiger partial charge on any atom is 0.205 e. The number of hydrogen-bond acceptors (Lipinski definition) is 3. The Kier molecular flexibility index (Phi) is 5.33. The van der Waals surface area contributed by atoms with Gasteiger partial charge in [0.2, 0.25) is 5.78 Å². The first kappa shape index (κ1) is 15.5. The summed E-state index contributed by atoms with van der Waals surface area (Å²) >= 11 is 3.36. The molecular formula is C16H17BrN2O2. The van der Waals surface area contributed by atoms with E-state index >= 15 is 0 Å². The average molecular weight is 349 g/mol. The number of ketones is 1. The highest BCUT2D eigenvalue weighted by Gasteiger charge is 2.13.